The molecule has 1 aromatic heterocycles. The predicted molar refractivity (Wildman–Crippen MR) is 148 cm³/mol. The Bertz CT molecular complexity index is 1370. The van der Waals surface area contributed by atoms with Crippen LogP contribution in [-0.2, 0) is 12.8 Å². The molecule has 2 heterocycles. The Morgan fingerprint density at radius 3 is 1.76 bits per heavy atom. The van der Waals surface area contributed by atoms with Gasteiger partial charge in [-0.1, -0.05) is 54.6 Å². The smallest absolute Gasteiger partial charge is 0.193 e. The highest BCUT2D eigenvalue weighted by Crippen LogP contribution is 2.19. The first-order chi connectivity index (χ1) is 18.1. The van der Waals surface area contributed by atoms with Crippen LogP contribution in [0.5, 0.6) is 0 Å². The maximum Gasteiger partial charge on any atom is 0.193 e. The zero-order valence-electron chi connectivity index (χ0n) is 20.5. The van der Waals surface area contributed by atoms with Gasteiger partial charge in [0.2, 0.25) is 0 Å². The fraction of sp³-hybridized carbons (Fsp3) is 0.194. The highest BCUT2D eigenvalue weighted by molar-refractivity contribution is 7.12. The van der Waals surface area contributed by atoms with E-state index in [4.69, 9.17) is 0 Å². The number of hydrogen-bond donors (Lipinski definition) is 1. The van der Waals surface area contributed by atoms with E-state index < -0.39 is 0 Å². The monoisotopic (exact) mass is 508 g/mol. The van der Waals surface area contributed by atoms with Gasteiger partial charge in [-0.05, 0) is 46.8 Å². The lowest BCUT2D eigenvalue weighted by molar-refractivity contribution is 0.0986. The Morgan fingerprint density at radius 2 is 1.22 bits per heavy atom. The molecule has 37 heavy (non-hydrogen) atoms. The third-order valence-electron chi connectivity index (χ3n) is 6.63. The number of benzene rings is 3. The van der Waals surface area contributed by atoms with Gasteiger partial charge in [-0.2, -0.15) is 0 Å². The second-order valence-corrected chi connectivity index (χ2v) is 10.1. The fourth-order valence-electron chi connectivity index (χ4n) is 4.49. The number of anilines is 1. The van der Waals surface area contributed by atoms with Crippen LogP contribution in [0.2, 0.25) is 0 Å². The van der Waals surface area contributed by atoms with E-state index in [2.05, 4.69) is 10.2 Å². The molecule has 0 atom stereocenters. The summed E-state index contributed by atoms with van der Waals surface area (Å²) in [4.78, 5) is 41.1. The van der Waals surface area contributed by atoms with E-state index >= 15 is 0 Å². The van der Waals surface area contributed by atoms with Gasteiger partial charge in [0.25, 0.3) is 0 Å². The van der Waals surface area contributed by atoms with Crippen molar-refractivity contribution in [1.29, 1.82) is 0 Å². The Labute approximate surface area is 220 Å². The molecular formula is C31H28N2O3S. The molecule has 5 nitrogen and oxygen atoms in total. The molecule has 0 aliphatic carbocycles. The highest BCUT2D eigenvalue weighted by atomic mass is 32.1. The molecule has 0 radical (unpaired) electrons. The van der Waals surface area contributed by atoms with Crippen molar-refractivity contribution in [3.8, 4) is 0 Å². The van der Waals surface area contributed by atoms with Gasteiger partial charge >= 0.3 is 0 Å². The van der Waals surface area contributed by atoms with E-state index in [-0.39, 0.29) is 23.8 Å². The third-order valence-corrected chi connectivity index (χ3v) is 7.54. The predicted octanol–water partition coefficient (Wildman–Crippen LogP) is 5.24. The van der Waals surface area contributed by atoms with Crippen molar-refractivity contribution in [2.75, 3.05) is 31.1 Å². The summed E-state index contributed by atoms with van der Waals surface area (Å²) in [5.74, 6) is 0.0471. The summed E-state index contributed by atoms with van der Waals surface area (Å²) in [6.45, 7) is 3.89. The van der Waals surface area contributed by atoms with Crippen LogP contribution in [0.4, 0.5) is 5.69 Å². The van der Waals surface area contributed by atoms with Gasteiger partial charge in [0.05, 0.1) is 4.88 Å². The van der Waals surface area contributed by atoms with Crippen LogP contribution in [0.25, 0.3) is 0 Å². The largest absolute Gasteiger partial charge is 0.369 e. The van der Waals surface area contributed by atoms with Gasteiger partial charge in [-0.3, -0.25) is 14.4 Å². The molecule has 1 fully saturated rings. The van der Waals surface area contributed by atoms with Crippen molar-refractivity contribution < 1.29 is 14.4 Å². The van der Waals surface area contributed by atoms with E-state index in [0.29, 0.717) is 23.1 Å². The molecule has 1 aliphatic rings. The highest BCUT2D eigenvalue weighted by Gasteiger charge is 2.14. The Morgan fingerprint density at radius 1 is 0.676 bits per heavy atom. The van der Waals surface area contributed by atoms with Crippen LogP contribution in [0.1, 0.15) is 47.1 Å². The molecular weight excluding hydrogens is 480 g/mol. The first-order valence-electron chi connectivity index (χ1n) is 12.4. The fourth-order valence-corrected chi connectivity index (χ4v) is 5.16. The SMILES string of the molecule is O=C(Cc1ccc(C(=O)c2ccc(CC(=O)c3cccs3)cc2)cc1)c1ccc(N2CCNCC2)cc1. The number of Topliss-reactive ketones (excluding diaryl/α,β-unsaturated/α-hetero) is 2. The number of hydrogen-bond acceptors (Lipinski definition) is 6. The van der Waals surface area contributed by atoms with Crippen molar-refractivity contribution in [3.63, 3.8) is 0 Å². The van der Waals surface area contributed by atoms with Crippen LogP contribution in [0.15, 0.2) is 90.3 Å². The van der Waals surface area contributed by atoms with E-state index in [9.17, 15) is 14.4 Å². The summed E-state index contributed by atoms with van der Waals surface area (Å²) in [5.41, 5.74) is 4.72. The number of rotatable bonds is 9. The van der Waals surface area contributed by atoms with E-state index in [1.165, 1.54) is 11.3 Å². The Hall–Kier alpha value is -3.87. The molecule has 0 bridgehead atoms. The summed E-state index contributed by atoms with van der Waals surface area (Å²) in [6.07, 6.45) is 0.602. The van der Waals surface area contributed by atoms with Crippen LogP contribution >= 0.6 is 11.3 Å². The van der Waals surface area contributed by atoms with Crippen LogP contribution in [0.3, 0.4) is 0 Å². The molecule has 0 unspecified atom stereocenters. The maximum atomic E-state index is 12.9. The van der Waals surface area contributed by atoms with Gasteiger partial charge in [-0.25, -0.2) is 0 Å². The molecule has 4 aromatic rings. The molecule has 1 saturated heterocycles. The first kappa shape index (κ1) is 24.8. The number of nitrogens with one attached hydrogen (secondary N) is 1. The van der Waals surface area contributed by atoms with Gasteiger partial charge in [0, 0.05) is 61.4 Å². The maximum absolute atomic E-state index is 12.9. The number of thiophene rings is 1. The normalized spacial score (nSPS) is 13.4. The molecule has 0 spiro atoms. The number of carbonyl (C=O) groups excluding carboxylic acids is 3. The lowest BCUT2D eigenvalue weighted by Gasteiger charge is -2.29. The van der Waals surface area contributed by atoms with Crippen molar-refractivity contribution in [3.05, 3.63) is 123 Å². The Kier molecular flexibility index (Phi) is 7.68. The Balaban J connectivity index is 1.18. The lowest BCUT2D eigenvalue weighted by Crippen LogP contribution is -2.43. The van der Waals surface area contributed by atoms with E-state index in [1.54, 1.807) is 24.3 Å². The average Bonchev–Trinajstić information content (AvgIpc) is 3.50. The minimum absolute atomic E-state index is 0.0543. The van der Waals surface area contributed by atoms with Crippen molar-refractivity contribution in [2.24, 2.45) is 0 Å². The minimum Gasteiger partial charge on any atom is -0.369 e. The summed E-state index contributed by atoms with van der Waals surface area (Å²) >= 11 is 1.44. The molecule has 186 valence electrons. The van der Waals surface area contributed by atoms with Crippen LogP contribution < -0.4 is 10.2 Å². The first-order valence-corrected chi connectivity index (χ1v) is 13.3. The zero-order chi connectivity index (χ0) is 25.6. The molecule has 5 rings (SSSR count). The van der Waals surface area contributed by atoms with E-state index in [0.717, 1.165) is 47.9 Å². The summed E-state index contributed by atoms with van der Waals surface area (Å²) in [6, 6.07) is 25.9. The topological polar surface area (TPSA) is 66.5 Å². The number of ketones is 3. The summed E-state index contributed by atoms with van der Waals surface area (Å²) in [7, 11) is 0. The van der Waals surface area contributed by atoms with Gasteiger partial charge < -0.3 is 10.2 Å². The van der Waals surface area contributed by atoms with Gasteiger partial charge in [0.1, 0.15) is 0 Å². The molecule has 0 amide bonds. The number of piperazine rings is 1. The second-order valence-electron chi connectivity index (χ2n) is 9.18. The summed E-state index contributed by atoms with van der Waals surface area (Å²) in [5, 5.41) is 5.24. The molecule has 3 aromatic carbocycles. The van der Waals surface area contributed by atoms with Crippen LogP contribution in [-0.4, -0.2) is 43.5 Å². The second kappa shape index (κ2) is 11.5. The van der Waals surface area contributed by atoms with E-state index in [1.807, 2.05) is 66.0 Å². The average molecular weight is 509 g/mol. The molecule has 1 aliphatic heterocycles. The lowest BCUT2D eigenvalue weighted by atomic mass is 9.97. The molecule has 1 N–H and O–H groups in total. The molecule has 6 heteroatoms. The number of nitrogens with zero attached hydrogens (tertiary/aromatic N) is 1. The third kappa shape index (κ3) is 6.10. The van der Waals surface area contributed by atoms with Crippen LogP contribution in [0, 0.1) is 0 Å². The van der Waals surface area contributed by atoms with Gasteiger partial charge in [0.15, 0.2) is 17.3 Å². The molecule has 0 saturated carbocycles. The minimum atomic E-state index is -0.0856. The van der Waals surface area contributed by atoms with Crippen molar-refractivity contribution in [2.45, 2.75) is 12.8 Å². The van der Waals surface area contributed by atoms with Crippen molar-refractivity contribution in [1.82, 2.24) is 5.32 Å². The standard InChI is InChI=1S/C31H28N2O3S/c34-28(24-11-13-27(14-12-24)33-17-15-32-16-18-33)20-22-3-7-25(8-4-22)31(36)26-9-5-23(6-10-26)21-29(35)30-2-1-19-37-30/h1-14,19,32H,15-18,20-21H2. The quantitative estimate of drug-likeness (QED) is 0.313. The van der Waals surface area contributed by atoms with Gasteiger partial charge in [-0.15, -0.1) is 11.3 Å². The van der Waals surface area contributed by atoms with Crippen molar-refractivity contribution >= 4 is 34.4 Å². The zero-order valence-corrected chi connectivity index (χ0v) is 21.3. The summed E-state index contributed by atoms with van der Waals surface area (Å²) < 4.78 is 0. The number of carbonyl (C=O) groups is 3.